The van der Waals surface area contributed by atoms with Crippen molar-refractivity contribution >= 4 is 19.5 Å². The monoisotopic (exact) mass is 492 g/mol. The molecule has 0 aliphatic carbocycles. The molecule has 9 nitrogen and oxygen atoms in total. The highest BCUT2D eigenvalue weighted by Crippen LogP contribution is 2.42. The van der Waals surface area contributed by atoms with Crippen LogP contribution in [0.3, 0.4) is 0 Å². The molecular weight excluding hydrogens is 459 g/mol. The van der Waals surface area contributed by atoms with E-state index in [0.717, 1.165) is 5.56 Å². The third kappa shape index (κ3) is 8.91. The second-order valence-corrected chi connectivity index (χ2v) is 10.5. The quantitative estimate of drug-likeness (QED) is 0.233. The molecule has 0 fully saturated rings. The number of hydrogen-bond donors (Lipinski definition) is 6. The summed E-state index contributed by atoms with van der Waals surface area (Å²) in [6, 6.07) is 13.2. The van der Waals surface area contributed by atoms with Gasteiger partial charge in [0.25, 0.3) is 0 Å². The number of benzene rings is 2. The number of nitrogens with one attached hydrogen (secondary N) is 2. The van der Waals surface area contributed by atoms with Gasteiger partial charge in [0, 0.05) is 6.42 Å². The Hall–Kier alpha value is -2.71. The molecule has 0 spiro atoms. The van der Waals surface area contributed by atoms with Crippen LogP contribution in [0.4, 0.5) is 0 Å². The molecule has 1 unspecified atom stereocenters. The Morgan fingerprint density at radius 3 is 2.15 bits per heavy atom. The van der Waals surface area contributed by atoms with Crippen molar-refractivity contribution in [3.63, 3.8) is 0 Å². The molecule has 0 heterocycles. The van der Waals surface area contributed by atoms with E-state index in [4.69, 9.17) is 0 Å². The number of hydrogen-bond acceptors (Lipinski definition) is 5. The summed E-state index contributed by atoms with van der Waals surface area (Å²) >= 11 is 0. The molecule has 2 rings (SSSR count). The van der Waals surface area contributed by atoms with Gasteiger partial charge in [-0.15, -0.1) is 0 Å². The lowest BCUT2D eigenvalue weighted by atomic mass is 10.0. The van der Waals surface area contributed by atoms with Gasteiger partial charge in [0.05, 0.1) is 6.04 Å². The number of para-hydroxylation sites is 1. The van der Waals surface area contributed by atoms with Gasteiger partial charge < -0.3 is 25.3 Å². The SMILES string of the molecule is CC(C)C[C@H](NC(CCc1ccccc1O)P(=O)(O)O)C(=O)N[C@@H](Cc1ccccc1)C(=O)O. The molecule has 0 bridgehead atoms. The number of aryl methyl sites for hydroxylation is 1. The molecule has 0 saturated carbocycles. The van der Waals surface area contributed by atoms with Crippen molar-refractivity contribution in [1.82, 2.24) is 10.6 Å². The second-order valence-electron chi connectivity index (χ2n) is 8.71. The van der Waals surface area contributed by atoms with Crippen LogP contribution in [0, 0.1) is 5.92 Å². The Morgan fingerprint density at radius 2 is 1.59 bits per heavy atom. The minimum atomic E-state index is -4.66. The number of rotatable bonds is 13. The first-order valence-corrected chi connectivity index (χ1v) is 12.8. The summed E-state index contributed by atoms with van der Waals surface area (Å²) in [4.78, 5) is 44.6. The fourth-order valence-corrected chi connectivity index (χ4v) is 4.48. The zero-order valence-corrected chi connectivity index (χ0v) is 20.2. The molecule has 3 atom stereocenters. The van der Waals surface area contributed by atoms with Gasteiger partial charge in [0.15, 0.2) is 0 Å². The average Bonchev–Trinajstić information content (AvgIpc) is 2.75. The molecule has 2 aromatic carbocycles. The van der Waals surface area contributed by atoms with Gasteiger partial charge in [-0.3, -0.25) is 14.7 Å². The van der Waals surface area contributed by atoms with E-state index >= 15 is 0 Å². The van der Waals surface area contributed by atoms with Crippen molar-refractivity contribution in [2.24, 2.45) is 5.92 Å². The summed E-state index contributed by atoms with van der Waals surface area (Å²) in [5.41, 5.74) is 1.26. The lowest BCUT2D eigenvalue weighted by molar-refractivity contribution is -0.142. The van der Waals surface area contributed by atoms with E-state index in [1.807, 2.05) is 13.8 Å². The van der Waals surface area contributed by atoms with Crippen LogP contribution in [0.5, 0.6) is 5.75 Å². The average molecular weight is 493 g/mol. The maximum Gasteiger partial charge on any atom is 0.342 e. The fraction of sp³-hybridized carbons (Fsp3) is 0.417. The molecule has 0 aliphatic rings. The third-order valence-corrected chi connectivity index (χ3v) is 6.62. The van der Waals surface area contributed by atoms with Crippen LogP contribution in [-0.4, -0.2) is 49.7 Å². The van der Waals surface area contributed by atoms with Crippen molar-refractivity contribution in [2.45, 2.75) is 57.4 Å². The molecule has 0 saturated heterocycles. The van der Waals surface area contributed by atoms with Gasteiger partial charge in [-0.25, -0.2) is 4.79 Å². The van der Waals surface area contributed by atoms with E-state index in [-0.39, 0.29) is 37.4 Å². The molecular formula is C24H33N2O7P. The summed E-state index contributed by atoms with van der Waals surface area (Å²) in [6.45, 7) is 3.71. The van der Waals surface area contributed by atoms with Gasteiger partial charge in [0.1, 0.15) is 17.6 Å². The first-order valence-electron chi connectivity index (χ1n) is 11.1. The van der Waals surface area contributed by atoms with Crippen molar-refractivity contribution in [1.29, 1.82) is 0 Å². The predicted octanol–water partition coefficient (Wildman–Crippen LogP) is 2.64. The van der Waals surface area contributed by atoms with Crippen LogP contribution in [0.1, 0.15) is 37.8 Å². The molecule has 10 heteroatoms. The van der Waals surface area contributed by atoms with Crippen LogP contribution in [0.15, 0.2) is 54.6 Å². The van der Waals surface area contributed by atoms with Gasteiger partial charge in [-0.2, -0.15) is 0 Å². The van der Waals surface area contributed by atoms with E-state index < -0.39 is 37.3 Å². The minimum absolute atomic E-state index is 0.00348. The largest absolute Gasteiger partial charge is 0.508 e. The third-order valence-electron chi connectivity index (χ3n) is 5.40. The zero-order valence-electron chi connectivity index (χ0n) is 19.3. The van der Waals surface area contributed by atoms with E-state index in [9.17, 15) is 34.2 Å². The molecule has 0 aromatic heterocycles. The van der Waals surface area contributed by atoms with Crippen LogP contribution >= 0.6 is 7.60 Å². The summed E-state index contributed by atoms with van der Waals surface area (Å²) < 4.78 is 12.2. The van der Waals surface area contributed by atoms with Crippen LogP contribution in [0.25, 0.3) is 0 Å². The van der Waals surface area contributed by atoms with E-state index in [1.54, 1.807) is 48.5 Å². The molecule has 0 aliphatic heterocycles. The predicted molar refractivity (Wildman–Crippen MR) is 128 cm³/mol. The highest BCUT2D eigenvalue weighted by molar-refractivity contribution is 7.52. The van der Waals surface area contributed by atoms with Crippen LogP contribution in [0.2, 0.25) is 0 Å². The number of phenols is 1. The van der Waals surface area contributed by atoms with Crippen molar-refractivity contribution < 1.29 is 34.2 Å². The number of carbonyl (C=O) groups is 2. The minimum Gasteiger partial charge on any atom is -0.508 e. The smallest absolute Gasteiger partial charge is 0.342 e. The zero-order chi connectivity index (χ0) is 25.3. The van der Waals surface area contributed by atoms with Crippen molar-refractivity contribution in [3.8, 4) is 5.75 Å². The maximum atomic E-state index is 13.0. The standard InChI is InChI=1S/C24H33N2O7P/c1-16(2)14-19(23(28)26-20(24(29)30)15-17-8-4-3-5-9-17)25-22(34(31,32)33)13-12-18-10-6-7-11-21(18)27/h3-11,16,19-20,22,25,27H,12-15H2,1-2H3,(H,26,28)(H,29,30)(H2,31,32,33)/t19-,20-,22?/m0/s1. The fourth-order valence-electron chi connectivity index (χ4n) is 3.64. The van der Waals surface area contributed by atoms with Crippen molar-refractivity contribution in [3.05, 3.63) is 65.7 Å². The number of amides is 1. The number of phenolic OH excluding ortho intramolecular Hbond substituents is 1. The molecule has 0 radical (unpaired) electrons. The summed E-state index contributed by atoms with van der Waals surface area (Å²) in [6.07, 6.45) is 0.468. The van der Waals surface area contributed by atoms with Gasteiger partial charge in [-0.05, 0) is 42.4 Å². The van der Waals surface area contributed by atoms with E-state index in [1.165, 1.54) is 6.07 Å². The van der Waals surface area contributed by atoms with Crippen molar-refractivity contribution in [2.75, 3.05) is 0 Å². The lowest BCUT2D eigenvalue weighted by Crippen LogP contribution is -2.53. The molecule has 186 valence electrons. The van der Waals surface area contributed by atoms with Crippen LogP contribution < -0.4 is 10.6 Å². The molecule has 34 heavy (non-hydrogen) atoms. The van der Waals surface area contributed by atoms with E-state index in [2.05, 4.69) is 10.6 Å². The molecule has 2 aromatic rings. The second kappa shape index (κ2) is 12.7. The summed E-state index contributed by atoms with van der Waals surface area (Å²) in [7, 11) is -4.66. The lowest BCUT2D eigenvalue weighted by Gasteiger charge is -2.28. The Morgan fingerprint density at radius 1 is 0.971 bits per heavy atom. The Kier molecular flexibility index (Phi) is 10.3. The highest BCUT2D eigenvalue weighted by Gasteiger charge is 2.34. The Bertz CT molecular complexity index is 994. The number of carboxylic acid groups (broad SMARTS) is 1. The normalized spacial score (nSPS) is 14.4. The van der Waals surface area contributed by atoms with Gasteiger partial charge in [-0.1, -0.05) is 62.4 Å². The molecule has 6 N–H and O–H groups in total. The van der Waals surface area contributed by atoms with E-state index in [0.29, 0.717) is 5.56 Å². The van der Waals surface area contributed by atoms with Gasteiger partial charge >= 0.3 is 13.6 Å². The number of aliphatic carboxylic acids is 1. The highest BCUT2D eigenvalue weighted by atomic mass is 31.2. The van der Waals surface area contributed by atoms with Gasteiger partial charge in [0.2, 0.25) is 5.91 Å². The first kappa shape index (κ1) is 27.5. The number of aromatic hydroxyl groups is 1. The topological polar surface area (TPSA) is 156 Å². The molecule has 1 amide bonds. The summed E-state index contributed by atoms with van der Waals surface area (Å²) in [5.74, 6) is -3.17. The number of carbonyl (C=O) groups excluding carboxylic acids is 1. The first-order chi connectivity index (χ1) is 16.0. The number of carboxylic acids is 1. The Balaban J connectivity index is 2.16. The summed E-state index contributed by atoms with van der Waals surface area (Å²) in [5, 5.41) is 24.9. The maximum absolute atomic E-state index is 13.0. The Labute approximate surface area is 199 Å². The van der Waals surface area contributed by atoms with Crippen LogP contribution in [-0.2, 0) is 27.0 Å².